The summed E-state index contributed by atoms with van der Waals surface area (Å²) in [5.41, 5.74) is 0.997. The molecule has 1 fully saturated rings. The van der Waals surface area contributed by atoms with Crippen molar-refractivity contribution in [3.05, 3.63) is 47.2 Å². The zero-order valence-corrected chi connectivity index (χ0v) is 14.2. The van der Waals surface area contributed by atoms with Gasteiger partial charge in [0, 0.05) is 36.0 Å². The second kappa shape index (κ2) is 7.22. The molecule has 23 heavy (non-hydrogen) atoms. The fourth-order valence-electron chi connectivity index (χ4n) is 3.12. The molecule has 1 aromatic carbocycles. The highest BCUT2D eigenvalue weighted by molar-refractivity contribution is 6.30. The molecule has 1 aliphatic rings. The van der Waals surface area contributed by atoms with Gasteiger partial charge in [0.1, 0.15) is 11.5 Å². The Bertz CT molecular complexity index is 662. The summed E-state index contributed by atoms with van der Waals surface area (Å²) in [6, 6.07) is 11.8. The topological polar surface area (TPSA) is 33.5 Å². The van der Waals surface area contributed by atoms with E-state index in [1.165, 1.54) is 6.42 Å². The van der Waals surface area contributed by atoms with Crippen molar-refractivity contribution >= 4 is 17.5 Å². The normalized spacial score (nSPS) is 18.2. The van der Waals surface area contributed by atoms with Gasteiger partial charge in [-0.25, -0.2) is 0 Å². The standard InChI is InChI=1S/C19H22ClNO2/c1-14-4-2-3-13-21(14)19(22)12-10-17-9-11-18(23-17)15-5-7-16(20)8-6-15/h5-9,11,14H,2-4,10,12-13H2,1H3/t14-/m1/s1. The number of nitrogens with zero attached hydrogens (tertiary/aromatic N) is 1. The fraction of sp³-hybridized carbons (Fsp3) is 0.421. The second-order valence-corrected chi connectivity index (χ2v) is 6.64. The Labute approximate surface area is 142 Å². The highest BCUT2D eigenvalue weighted by Gasteiger charge is 2.22. The number of aryl methyl sites for hydroxylation is 1. The zero-order valence-electron chi connectivity index (χ0n) is 13.4. The summed E-state index contributed by atoms with van der Waals surface area (Å²) in [6.45, 7) is 3.04. The van der Waals surface area contributed by atoms with Crippen molar-refractivity contribution in [1.29, 1.82) is 0 Å². The Balaban J connectivity index is 1.58. The van der Waals surface area contributed by atoms with E-state index in [0.717, 1.165) is 36.5 Å². The van der Waals surface area contributed by atoms with Crippen LogP contribution in [0.25, 0.3) is 11.3 Å². The summed E-state index contributed by atoms with van der Waals surface area (Å²) < 4.78 is 5.86. The number of halogens is 1. The smallest absolute Gasteiger partial charge is 0.223 e. The van der Waals surface area contributed by atoms with E-state index < -0.39 is 0 Å². The lowest BCUT2D eigenvalue weighted by Gasteiger charge is -2.33. The Morgan fingerprint density at radius 3 is 2.74 bits per heavy atom. The minimum Gasteiger partial charge on any atom is -0.461 e. The van der Waals surface area contributed by atoms with Crippen molar-refractivity contribution in [2.24, 2.45) is 0 Å². The van der Waals surface area contributed by atoms with Crippen LogP contribution in [-0.4, -0.2) is 23.4 Å². The van der Waals surface area contributed by atoms with E-state index in [9.17, 15) is 4.79 Å². The van der Waals surface area contributed by atoms with Gasteiger partial charge in [-0.2, -0.15) is 0 Å². The van der Waals surface area contributed by atoms with Crippen LogP contribution in [-0.2, 0) is 11.2 Å². The van der Waals surface area contributed by atoms with E-state index in [-0.39, 0.29) is 5.91 Å². The summed E-state index contributed by atoms with van der Waals surface area (Å²) in [5.74, 6) is 1.91. The number of hydrogen-bond donors (Lipinski definition) is 0. The molecule has 1 aromatic heterocycles. The Morgan fingerprint density at radius 2 is 2.00 bits per heavy atom. The molecule has 2 heterocycles. The highest BCUT2D eigenvalue weighted by Crippen LogP contribution is 2.25. The number of hydrogen-bond acceptors (Lipinski definition) is 2. The van der Waals surface area contributed by atoms with Crippen LogP contribution in [0.1, 0.15) is 38.4 Å². The van der Waals surface area contributed by atoms with Crippen LogP contribution in [0.15, 0.2) is 40.8 Å². The molecule has 1 aliphatic heterocycles. The Morgan fingerprint density at radius 1 is 1.22 bits per heavy atom. The first-order valence-corrected chi connectivity index (χ1v) is 8.65. The molecule has 1 atom stereocenters. The lowest BCUT2D eigenvalue weighted by atomic mass is 10.0. The molecule has 0 radical (unpaired) electrons. The molecule has 0 saturated carbocycles. The summed E-state index contributed by atoms with van der Waals surface area (Å²) in [5, 5.41) is 0.710. The highest BCUT2D eigenvalue weighted by atomic mass is 35.5. The average Bonchev–Trinajstić information content (AvgIpc) is 3.03. The van der Waals surface area contributed by atoms with Crippen LogP contribution in [0, 0.1) is 0 Å². The van der Waals surface area contributed by atoms with Gasteiger partial charge in [-0.3, -0.25) is 4.79 Å². The van der Waals surface area contributed by atoms with Gasteiger partial charge in [-0.15, -0.1) is 0 Å². The quantitative estimate of drug-likeness (QED) is 0.795. The van der Waals surface area contributed by atoms with Gasteiger partial charge < -0.3 is 9.32 Å². The molecule has 0 unspecified atom stereocenters. The van der Waals surface area contributed by atoms with Crippen molar-refractivity contribution in [3.8, 4) is 11.3 Å². The van der Waals surface area contributed by atoms with Crippen LogP contribution in [0.3, 0.4) is 0 Å². The summed E-state index contributed by atoms with van der Waals surface area (Å²) in [7, 11) is 0. The first kappa shape index (κ1) is 16.1. The second-order valence-electron chi connectivity index (χ2n) is 6.20. The zero-order chi connectivity index (χ0) is 16.2. The minimum atomic E-state index is 0.238. The number of rotatable bonds is 4. The van der Waals surface area contributed by atoms with Gasteiger partial charge in [0.05, 0.1) is 0 Å². The van der Waals surface area contributed by atoms with Gasteiger partial charge in [0.25, 0.3) is 0 Å². The Kier molecular flexibility index (Phi) is 5.06. The molecule has 1 amide bonds. The first-order chi connectivity index (χ1) is 11.1. The van der Waals surface area contributed by atoms with E-state index in [1.54, 1.807) is 0 Å². The van der Waals surface area contributed by atoms with Crippen LogP contribution in [0.2, 0.25) is 5.02 Å². The van der Waals surface area contributed by atoms with E-state index in [1.807, 2.05) is 41.3 Å². The SMILES string of the molecule is C[C@@H]1CCCCN1C(=O)CCc1ccc(-c2ccc(Cl)cc2)o1. The Hall–Kier alpha value is -1.74. The van der Waals surface area contributed by atoms with Gasteiger partial charge in [-0.05, 0) is 62.6 Å². The lowest BCUT2D eigenvalue weighted by molar-refractivity contribution is -0.134. The van der Waals surface area contributed by atoms with Crippen molar-refractivity contribution in [2.45, 2.75) is 45.1 Å². The molecule has 3 rings (SSSR count). The van der Waals surface area contributed by atoms with Gasteiger partial charge in [-0.1, -0.05) is 11.6 Å². The third kappa shape index (κ3) is 3.97. The third-order valence-electron chi connectivity index (χ3n) is 4.50. The summed E-state index contributed by atoms with van der Waals surface area (Å²) in [4.78, 5) is 14.4. The average molecular weight is 332 g/mol. The van der Waals surface area contributed by atoms with Crippen molar-refractivity contribution in [3.63, 3.8) is 0 Å². The van der Waals surface area contributed by atoms with E-state index >= 15 is 0 Å². The number of furan rings is 1. The maximum Gasteiger partial charge on any atom is 0.223 e. The molecule has 0 bridgehead atoms. The molecule has 0 aliphatic carbocycles. The number of carbonyl (C=O) groups is 1. The number of carbonyl (C=O) groups excluding carboxylic acids is 1. The van der Waals surface area contributed by atoms with Crippen molar-refractivity contribution in [1.82, 2.24) is 4.90 Å². The molecule has 3 nitrogen and oxygen atoms in total. The maximum atomic E-state index is 12.4. The third-order valence-corrected chi connectivity index (χ3v) is 4.75. The number of amides is 1. The van der Waals surface area contributed by atoms with Crippen LogP contribution < -0.4 is 0 Å². The van der Waals surface area contributed by atoms with Gasteiger partial charge >= 0.3 is 0 Å². The molecule has 122 valence electrons. The first-order valence-electron chi connectivity index (χ1n) is 8.27. The van der Waals surface area contributed by atoms with E-state index in [0.29, 0.717) is 23.9 Å². The minimum absolute atomic E-state index is 0.238. The lowest BCUT2D eigenvalue weighted by Crippen LogP contribution is -2.42. The number of piperidine rings is 1. The molecular weight excluding hydrogens is 310 g/mol. The van der Waals surface area contributed by atoms with E-state index in [2.05, 4.69) is 6.92 Å². The molecule has 0 spiro atoms. The number of benzene rings is 1. The van der Waals surface area contributed by atoms with Crippen LogP contribution in [0.5, 0.6) is 0 Å². The largest absolute Gasteiger partial charge is 0.461 e. The number of likely N-dealkylation sites (tertiary alicyclic amines) is 1. The van der Waals surface area contributed by atoms with Gasteiger partial charge in [0.2, 0.25) is 5.91 Å². The predicted molar refractivity (Wildman–Crippen MR) is 92.5 cm³/mol. The summed E-state index contributed by atoms with van der Waals surface area (Å²) in [6.07, 6.45) is 4.63. The van der Waals surface area contributed by atoms with Crippen LogP contribution >= 0.6 is 11.6 Å². The van der Waals surface area contributed by atoms with E-state index in [4.69, 9.17) is 16.0 Å². The monoisotopic (exact) mass is 331 g/mol. The molecule has 4 heteroatoms. The van der Waals surface area contributed by atoms with Gasteiger partial charge in [0.15, 0.2) is 0 Å². The maximum absolute atomic E-state index is 12.4. The summed E-state index contributed by atoms with van der Waals surface area (Å²) >= 11 is 5.90. The molecular formula is C19H22ClNO2. The molecule has 0 N–H and O–H groups in total. The van der Waals surface area contributed by atoms with Crippen LogP contribution in [0.4, 0.5) is 0 Å². The molecule has 1 saturated heterocycles. The van der Waals surface area contributed by atoms with Crippen molar-refractivity contribution < 1.29 is 9.21 Å². The van der Waals surface area contributed by atoms with Crippen molar-refractivity contribution in [2.75, 3.05) is 6.54 Å². The predicted octanol–water partition coefficient (Wildman–Crippen LogP) is 4.93. The fourth-order valence-corrected chi connectivity index (χ4v) is 3.25. The molecule has 2 aromatic rings.